The summed E-state index contributed by atoms with van der Waals surface area (Å²) in [5.74, 6) is 0.144. The fraction of sp³-hybridized carbons (Fsp3) is 0.462. The number of likely N-dealkylation sites (N-methyl/N-ethyl adjacent to an activating group) is 2. The normalized spacial score (nSPS) is 17.9. The summed E-state index contributed by atoms with van der Waals surface area (Å²) >= 11 is 0. The quantitative estimate of drug-likeness (QED) is 0.613. The minimum absolute atomic E-state index is 0.0517. The van der Waals surface area contributed by atoms with Crippen LogP contribution in [0.4, 0.5) is 0 Å². The summed E-state index contributed by atoms with van der Waals surface area (Å²) in [6, 6.07) is 14.7. The van der Waals surface area contributed by atoms with E-state index in [1.807, 2.05) is 48.5 Å². The number of nitrogens with zero attached hydrogens (tertiary/aromatic N) is 2. The zero-order chi connectivity index (χ0) is 23.1. The van der Waals surface area contributed by atoms with Crippen molar-refractivity contribution in [1.82, 2.24) is 15.1 Å². The molecule has 6 heteroatoms. The Hall–Kier alpha value is -2.86. The predicted octanol–water partition coefficient (Wildman–Crippen LogP) is 3.84. The number of rotatable bonds is 10. The molecule has 0 aliphatic carbocycles. The second kappa shape index (κ2) is 11.1. The van der Waals surface area contributed by atoms with Gasteiger partial charge in [-0.05, 0) is 48.8 Å². The van der Waals surface area contributed by atoms with Gasteiger partial charge in [0.1, 0.15) is 5.75 Å². The highest BCUT2D eigenvalue weighted by Gasteiger charge is 2.42. The number of unbranched alkanes of at least 4 members (excludes halogenated alkanes) is 1. The number of nitrogens with one attached hydrogen (secondary N) is 1. The van der Waals surface area contributed by atoms with Crippen LogP contribution in [0.15, 0.2) is 48.5 Å². The van der Waals surface area contributed by atoms with E-state index >= 15 is 0 Å². The average Bonchev–Trinajstić information content (AvgIpc) is 2.83. The van der Waals surface area contributed by atoms with E-state index < -0.39 is 5.92 Å². The van der Waals surface area contributed by atoms with E-state index in [9.17, 15) is 9.59 Å². The van der Waals surface area contributed by atoms with Gasteiger partial charge in [0.15, 0.2) is 0 Å². The van der Waals surface area contributed by atoms with E-state index in [4.69, 9.17) is 4.74 Å². The minimum Gasteiger partial charge on any atom is -0.497 e. The molecule has 2 amide bonds. The lowest BCUT2D eigenvalue weighted by atomic mass is 9.79. The summed E-state index contributed by atoms with van der Waals surface area (Å²) in [7, 11) is 3.40. The Morgan fingerprint density at radius 2 is 1.81 bits per heavy atom. The monoisotopic (exact) mass is 437 g/mol. The van der Waals surface area contributed by atoms with Crippen LogP contribution in [-0.4, -0.2) is 62.0 Å². The highest BCUT2D eigenvalue weighted by molar-refractivity contribution is 6.01. The zero-order valence-corrected chi connectivity index (χ0v) is 19.6. The molecule has 1 N–H and O–H groups in total. The molecule has 1 aliphatic heterocycles. The molecular weight excluding hydrogens is 402 g/mol. The van der Waals surface area contributed by atoms with Crippen molar-refractivity contribution in [2.75, 3.05) is 40.3 Å². The van der Waals surface area contributed by atoms with E-state index in [0.29, 0.717) is 12.1 Å². The molecule has 2 aromatic rings. The van der Waals surface area contributed by atoms with Crippen molar-refractivity contribution < 1.29 is 14.3 Å². The highest BCUT2D eigenvalue weighted by atomic mass is 16.5. The molecule has 0 saturated carbocycles. The SMILES string of the molecule is CCCCN(CC)CCNC(=O)[C@@H]1c2ccccc2C(=O)N(C)[C@@H]1c1ccc(OC)cc1. The Bertz CT molecular complexity index is 913. The van der Waals surface area contributed by atoms with Gasteiger partial charge < -0.3 is 19.9 Å². The smallest absolute Gasteiger partial charge is 0.254 e. The topological polar surface area (TPSA) is 61.9 Å². The number of amides is 2. The largest absolute Gasteiger partial charge is 0.497 e. The van der Waals surface area contributed by atoms with Crippen LogP contribution in [0, 0.1) is 0 Å². The lowest BCUT2D eigenvalue weighted by Gasteiger charge is -2.40. The molecule has 0 bridgehead atoms. The average molecular weight is 438 g/mol. The van der Waals surface area contributed by atoms with Crippen molar-refractivity contribution in [2.24, 2.45) is 0 Å². The third-order valence-electron chi connectivity index (χ3n) is 6.32. The third-order valence-corrected chi connectivity index (χ3v) is 6.32. The second-order valence-electron chi connectivity index (χ2n) is 8.28. The lowest BCUT2D eigenvalue weighted by molar-refractivity contribution is -0.124. The first-order valence-electron chi connectivity index (χ1n) is 11.5. The first kappa shape index (κ1) is 23.8. The Morgan fingerprint density at radius 3 is 2.47 bits per heavy atom. The van der Waals surface area contributed by atoms with E-state index in [-0.39, 0.29) is 17.9 Å². The van der Waals surface area contributed by atoms with E-state index in [1.54, 1.807) is 19.1 Å². The Kier molecular flexibility index (Phi) is 8.28. The molecule has 2 aromatic carbocycles. The van der Waals surface area contributed by atoms with Crippen LogP contribution < -0.4 is 10.1 Å². The first-order valence-corrected chi connectivity index (χ1v) is 11.5. The van der Waals surface area contributed by atoms with Crippen LogP contribution >= 0.6 is 0 Å². The predicted molar refractivity (Wildman–Crippen MR) is 127 cm³/mol. The summed E-state index contributed by atoms with van der Waals surface area (Å²) < 4.78 is 5.28. The van der Waals surface area contributed by atoms with Crippen LogP contribution in [0.3, 0.4) is 0 Å². The molecule has 0 spiro atoms. The van der Waals surface area contributed by atoms with Crippen molar-refractivity contribution in [1.29, 1.82) is 0 Å². The summed E-state index contributed by atoms with van der Waals surface area (Å²) in [6.45, 7) is 7.75. The minimum atomic E-state index is -0.479. The van der Waals surface area contributed by atoms with E-state index in [2.05, 4.69) is 24.1 Å². The lowest BCUT2D eigenvalue weighted by Crippen LogP contribution is -2.46. The number of benzene rings is 2. The molecule has 6 nitrogen and oxygen atoms in total. The van der Waals surface area contributed by atoms with Crippen molar-refractivity contribution in [2.45, 2.75) is 38.6 Å². The van der Waals surface area contributed by atoms with Crippen LogP contribution in [0.1, 0.15) is 60.1 Å². The number of carbonyl (C=O) groups is 2. The van der Waals surface area contributed by atoms with Crippen molar-refractivity contribution in [3.8, 4) is 5.75 Å². The van der Waals surface area contributed by atoms with Crippen LogP contribution in [-0.2, 0) is 4.79 Å². The van der Waals surface area contributed by atoms with Gasteiger partial charge in [-0.15, -0.1) is 0 Å². The fourth-order valence-corrected chi connectivity index (χ4v) is 4.43. The van der Waals surface area contributed by atoms with Crippen molar-refractivity contribution in [3.05, 3.63) is 65.2 Å². The Morgan fingerprint density at radius 1 is 1.09 bits per heavy atom. The number of carbonyl (C=O) groups excluding carboxylic acids is 2. The summed E-state index contributed by atoms with van der Waals surface area (Å²) in [4.78, 5) is 30.7. The second-order valence-corrected chi connectivity index (χ2v) is 8.28. The van der Waals surface area contributed by atoms with Crippen molar-refractivity contribution in [3.63, 3.8) is 0 Å². The van der Waals surface area contributed by atoms with E-state index in [1.165, 1.54) is 0 Å². The molecule has 1 heterocycles. The van der Waals surface area contributed by atoms with Crippen molar-refractivity contribution >= 4 is 11.8 Å². The molecule has 3 rings (SSSR count). The molecule has 2 atom stereocenters. The van der Waals surface area contributed by atoms with Gasteiger partial charge in [-0.1, -0.05) is 50.6 Å². The van der Waals surface area contributed by atoms with Gasteiger partial charge >= 0.3 is 0 Å². The molecule has 0 radical (unpaired) electrons. The maximum Gasteiger partial charge on any atom is 0.254 e. The molecule has 0 unspecified atom stereocenters. The summed E-state index contributed by atoms with van der Waals surface area (Å²) in [6.07, 6.45) is 2.32. The van der Waals surface area contributed by atoms with Gasteiger partial charge in [0, 0.05) is 25.7 Å². The zero-order valence-electron chi connectivity index (χ0n) is 19.6. The first-order chi connectivity index (χ1) is 15.5. The van der Waals surface area contributed by atoms with Gasteiger partial charge in [-0.25, -0.2) is 0 Å². The van der Waals surface area contributed by atoms with E-state index in [0.717, 1.165) is 49.4 Å². The fourth-order valence-electron chi connectivity index (χ4n) is 4.43. The Balaban J connectivity index is 1.86. The standard InChI is InChI=1S/C26H35N3O3/c1-5-7-17-29(6-2)18-16-27-25(30)23-21-10-8-9-11-22(21)26(31)28(3)24(23)19-12-14-20(32-4)15-13-19/h8-15,23-24H,5-7,16-18H2,1-4H3,(H,27,30)/t23-,24-/m1/s1. The van der Waals surface area contributed by atoms with Gasteiger partial charge in [-0.3, -0.25) is 9.59 Å². The van der Waals surface area contributed by atoms with Gasteiger partial charge in [-0.2, -0.15) is 0 Å². The van der Waals surface area contributed by atoms with Crippen LogP contribution in [0.25, 0.3) is 0 Å². The van der Waals surface area contributed by atoms with Gasteiger partial charge in [0.05, 0.1) is 19.1 Å². The van der Waals surface area contributed by atoms with Crippen LogP contribution in [0.5, 0.6) is 5.75 Å². The third kappa shape index (κ3) is 5.13. The molecule has 32 heavy (non-hydrogen) atoms. The molecule has 0 fully saturated rings. The number of methoxy groups -OCH3 is 1. The molecule has 172 valence electrons. The number of ether oxygens (including phenoxy) is 1. The van der Waals surface area contributed by atoms with Gasteiger partial charge in [0.25, 0.3) is 5.91 Å². The summed E-state index contributed by atoms with van der Waals surface area (Å²) in [5, 5.41) is 3.15. The number of hydrogen-bond acceptors (Lipinski definition) is 4. The number of hydrogen-bond donors (Lipinski definition) is 1. The Labute approximate surface area is 191 Å². The summed E-state index contributed by atoms with van der Waals surface area (Å²) in [5.41, 5.74) is 2.29. The van der Waals surface area contributed by atoms with Gasteiger partial charge in [0.2, 0.25) is 5.91 Å². The number of fused-ring (bicyclic) bond motifs is 1. The molecule has 0 saturated heterocycles. The molecule has 0 aromatic heterocycles. The maximum absolute atomic E-state index is 13.5. The highest BCUT2D eigenvalue weighted by Crippen LogP contribution is 2.42. The van der Waals surface area contributed by atoms with Crippen LogP contribution in [0.2, 0.25) is 0 Å². The maximum atomic E-state index is 13.5. The molecular formula is C26H35N3O3. The molecule has 1 aliphatic rings.